The molecular formula is C15H13N3O. The van der Waals surface area contributed by atoms with Crippen molar-refractivity contribution in [3.05, 3.63) is 65.7 Å². The zero-order chi connectivity index (χ0) is 13.2. The Hall–Kier alpha value is -2.62. The number of fused-ring (bicyclic) bond motifs is 1. The van der Waals surface area contributed by atoms with Crippen LogP contribution < -0.4 is 10.7 Å². The average molecular weight is 251 g/mol. The van der Waals surface area contributed by atoms with Gasteiger partial charge in [0.2, 0.25) is 0 Å². The second-order valence-electron chi connectivity index (χ2n) is 4.37. The average Bonchev–Trinajstić information content (AvgIpc) is 2.73. The minimum absolute atomic E-state index is 0.146. The van der Waals surface area contributed by atoms with Crippen LogP contribution in [0.15, 0.2) is 59.7 Å². The van der Waals surface area contributed by atoms with E-state index in [2.05, 4.69) is 5.10 Å². The second-order valence-corrected chi connectivity index (χ2v) is 4.37. The third-order valence-electron chi connectivity index (χ3n) is 3.21. The summed E-state index contributed by atoms with van der Waals surface area (Å²) in [7, 11) is 0. The highest BCUT2D eigenvalue weighted by Gasteiger charge is 2.33. The Balaban J connectivity index is 2.01. The molecule has 3 rings (SSSR count). The maximum Gasteiger partial charge on any atom is 0.279 e. The zero-order valence-electron chi connectivity index (χ0n) is 10.3. The molecule has 0 radical (unpaired) electrons. The molecule has 1 amide bonds. The monoisotopic (exact) mass is 251 g/mol. The van der Waals surface area contributed by atoms with Crippen LogP contribution in [0.3, 0.4) is 0 Å². The molecule has 2 aromatic carbocycles. The lowest BCUT2D eigenvalue weighted by atomic mass is 10.1. The summed E-state index contributed by atoms with van der Waals surface area (Å²) in [4.78, 5) is 14.0. The molecule has 0 atom stereocenters. The smallest absolute Gasteiger partial charge is 0.279 e. The number of hydrogen-bond donors (Lipinski definition) is 1. The fourth-order valence-corrected chi connectivity index (χ4v) is 2.31. The van der Waals surface area contributed by atoms with Crippen LogP contribution in [-0.2, 0) is 11.3 Å². The first-order valence-electron chi connectivity index (χ1n) is 6.04. The van der Waals surface area contributed by atoms with E-state index >= 15 is 0 Å². The van der Waals surface area contributed by atoms with Crippen molar-refractivity contribution in [2.75, 3.05) is 4.90 Å². The van der Waals surface area contributed by atoms with E-state index < -0.39 is 0 Å². The minimum Gasteiger partial charge on any atom is -0.322 e. The van der Waals surface area contributed by atoms with Gasteiger partial charge < -0.3 is 10.7 Å². The molecule has 0 bridgehead atoms. The molecule has 19 heavy (non-hydrogen) atoms. The Bertz CT molecular complexity index is 649. The van der Waals surface area contributed by atoms with Gasteiger partial charge in [-0.1, -0.05) is 48.5 Å². The topological polar surface area (TPSA) is 58.7 Å². The van der Waals surface area contributed by atoms with Gasteiger partial charge in [0.1, 0.15) is 0 Å². The van der Waals surface area contributed by atoms with Crippen LogP contribution in [0.5, 0.6) is 0 Å². The first-order valence-corrected chi connectivity index (χ1v) is 6.04. The molecule has 2 N–H and O–H groups in total. The number of benzene rings is 2. The number of carbonyl (C=O) groups excluding carboxylic acids is 1. The quantitative estimate of drug-likeness (QED) is 0.654. The van der Waals surface area contributed by atoms with E-state index in [1.54, 1.807) is 4.90 Å². The molecule has 2 aromatic rings. The third kappa shape index (κ3) is 1.87. The standard InChI is InChI=1S/C15H13N3O/c16-17-14-12-8-4-5-9-13(12)18(15(14)19)10-11-6-2-1-3-7-11/h1-9H,10,16H2/b17-14+. The first-order chi connectivity index (χ1) is 9.31. The fraction of sp³-hybridized carbons (Fsp3) is 0.0667. The number of nitrogens with zero attached hydrogens (tertiary/aromatic N) is 2. The van der Waals surface area contributed by atoms with Gasteiger partial charge in [-0.15, -0.1) is 0 Å². The molecule has 1 aliphatic heterocycles. The van der Waals surface area contributed by atoms with Crippen molar-refractivity contribution in [1.29, 1.82) is 0 Å². The molecule has 1 heterocycles. The van der Waals surface area contributed by atoms with Gasteiger partial charge in [-0.25, -0.2) is 0 Å². The Morgan fingerprint density at radius 3 is 2.42 bits per heavy atom. The fourth-order valence-electron chi connectivity index (χ4n) is 2.31. The summed E-state index contributed by atoms with van der Waals surface area (Å²) in [5.41, 5.74) is 3.06. The lowest BCUT2D eigenvalue weighted by Gasteiger charge is -2.16. The van der Waals surface area contributed by atoms with E-state index in [9.17, 15) is 4.79 Å². The highest BCUT2D eigenvalue weighted by atomic mass is 16.2. The van der Waals surface area contributed by atoms with Crippen LogP contribution in [0.1, 0.15) is 11.1 Å². The van der Waals surface area contributed by atoms with Gasteiger partial charge in [0.25, 0.3) is 5.91 Å². The maximum atomic E-state index is 12.3. The molecular weight excluding hydrogens is 238 g/mol. The zero-order valence-corrected chi connectivity index (χ0v) is 10.3. The summed E-state index contributed by atoms with van der Waals surface area (Å²) >= 11 is 0. The summed E-state index contributed by atoms with van der Waals surface area (Å²) in [5, 5.41) is 3.63. The Morgan fingerprint density at radius 2 is 1.68 bits per heavy atom. The summed E-state index contributed by atoms with van der Waals surface area (Å²) in [6, 6.07) is 17.4. The number of rotatable bonds is 2. The number of hydrazone groups is 1. The molecule has 0 aliphatic carbocycles. The Labute approximate surface area is 111 Å². The van der Waals surface area contributed by atoms with Crippen LogP contribution in [0, 0.1) is 0 Å². The highest BCUT2D eigenvalue weighted by Crippen LogP contribution is 2.30. The SMILES string of the molecule is N/N=C1/C(=O)N(Cc2ccccc2)c2ccccc21. The molecule has 4 heteroatoms. The molecule has 0 aromatic heterocycles. The Morgan fingerprint density at radius 1 is 1.00 bits per heavy atom. The van der Waals surface area contributed by atoms with Crippen LogP contribution in [0.2, 0.25) is 0 Å². The molecule has 0 spiro atoms. The number of anilines is 1. The lowest BCUT2D eigenvalue weighted by molar-refractivity contribution is -0.112. The molecule has 0 fully saturated rings. The van der Waals surface area contributed by atoms with Crippen LogP contribution in [-0.4, -0.2) is 11.6 Å². The number of amides is 1. The summed E-state index contributed by atoms with van der Waals surface area (Å²) in [6.07, 6.45) is 0. The Kier molecular flexibility index (Phi) is 2.76. The minimum atomic E-state index is -0.146. The van der Waals surface area contributed by atoms with Crippen LogP contribution in [0.25, 0.3) is 0 Å². The normalized spacial score (nSPS) is 15.9. The van der Waals surface area contributed by atoms with Gasteiger partial charge in [-0.05, 0) is 11.6 Å². The molecule has 4 nitrogen and oxygen atoms in total. The summed E-state index contributed by atoms with van der Waals surface area (Å²) < 4.78 is 0. The van der Waals surface area contributed by atoms with E-state index in [1.807, 2.05) is 54.6 Å². The third-order valence-corrected chi connectivity index (χ3v) is 3.21. The van der Waals surface area contributed by atoms with E-state index in [0.29, 0.717) is 12.3 Å². The molecule has 94 valence electrons. The predicted molar refractivity (Wildman–Crippen MR) is 74.8 cm³/mol. The number of nitrogens with two attached hydrogens (primary N) is 1. The lowest BCUT2D eigenvalue weighted by Crippen LogP contribution is -2.30. The van der Waals surface area contributed by atoms with Crippen molar-refractivity contribution < 1.29 is 4.79 Å². The van der Waals surface area contributed by atoms with E-state index in [0.717, 1.165) is 16.8 Å². The number of para-hydroxylation sites is 1. The number of hydrogen-bond acceptors (Lipinski definition) is 3. The van der Waals surface area contributed by atoms with Crippen molar-refractivity contribution in [3.63, 3.8) is 0 Å². The maximum absolute atomic E-state index is 12.3. The van der Waals surface area contributed by atoms with Crippen LogP contribution >= 0.6 is 0 Å². The van der Waals surface area contributed by atoms with Gasteiger partial charge >= 0.3 is 0 Å². The predicted octanol–water partition coefficient (Wildman–Crippen LogP) is 1.90. The first kappa shape index (κ1) is 11.5. The highest BCUT2D eigenvalue weighted by molar-refractivity contribution is 6.54. The molecule has 0 saturated heterocycles. The van der Waals surface area contributed by atoms with Gasteiger partial charge in [0.15, 0.2) is 5.71 Å². The van der Waals surface area contributed by atoms with Crippen molar-refractivity contribution in [3.8, 4) is 0 Å². The van der Waals surface area contributed by atoms with Crippen molar-refractivity contribution in [2.24, 2.45) is 10.9 Å². The van der Waals surface area contributed by atoms with Crippen molar-refractivity contribution >= 4 is 17.3 Å². The molecule has 0 unspecified atom stereocenters. The second kappa shape index (κ2) is 4.57. The largest absolute Gasteiger partial charge is 0.322 e. The van der Waals surface area contributed by atoms with E-state index in [4.69, 9.17) is 5.84 Å². The number of carbonyl (C=O) groups is 1. The van der Waals surface area contributed by atoms with E-state index in [-0.39, 0.29) is 5.91 Å². The van der Waals surface area contributed by atoms with Crippen molar-refractivity contribution in [1.82, 2.24) is 0 Å². The van der Waals surface area contributed by atoms with Crippen LogP contribution in [0.4, 0.5) is 5.69 Å². The van der Waals surface area contributed by atoms with Gasteiger partial charge in [0.05, 0.1) is 12.2 Å². The molecule has 0 saturated carbocycles. The van der Waals surface area contributed by atoms with Crippen molar-refractivity contribution in [2.45, 2.75) is 6.54 Å². The molecule has 1 aliphatic rings. The van der Waals surface area contributed by atoms with Gasteiger partial charge in [0, 0.05) is 5.56 Å². The van der Waals surface area contributed by atoms with E-state index in [1.165, 1.54) is 0 Å². The van der Waals surface area contributed by atoms with Gasteiger partial charge in [-0.3, -0.25) is 4.79 Å². The van der Waals surface area contributed by atoms with Gasteiger partial charge in [-0.2, -0.15) is 5.10 Å². The summed E-state index contributed by atoms with van der Waals surface area (Å²) in [6.45, 7) is 0.524. The summed E-state index contributed by atoms with van der Waals surface area (Å²) in [5.74, 6) is 5.19.